The van der Waals surface area contributed by atoms with Gasteiger partial charge in [-0.2, -0.15) is 0 Å². The molecular weight excluding hydrogens is 370 g/mol. The average molecular weight is 410 g/mol. The second kappa shape index (κ2) is 11.1. The Hall–Kier alpha value is -1.68. The molecule has 2 N–H and O–H groups in total. The summed E-state index contributed by atoms with van der Waals surface area (Å²) in [6, 6.07) is 8.29. The van der Waals surface area contributed by atoms with Crippen molar-refractivity contribution in [1.82, 2.24) is 4.90 Å². The lowest BCUT2D eigenvalue weighted by Gasteiger charge is -2.18. The van der Waals surface area contributed by atoms with Crippen LogP contribution in [0.4, 0.5) is 0 Å². The van der Waals surface area contributed by atoms with E-state index >= 15 is 0 Å². The first-order valence-electron chi connectivity index (χ1n) is 11.5. The molecule has 0 aromatic heterocycles. The fourth-order valence-corrected chi connectivity index (χ4v) is 5.00. The van der Waals surface area contributed by atoms with Gasteiger partial charge in [-0.1, -0.05) is 65.8 Å². The maximum atomic E-state index is 10.6. The molecule has 3 nitrogen and oxygen atoms in total. The van der Waals surface area contributed by atoms with Gasteiger partial charge in [0.1, 0.15) is 0 Å². The van der Waals surface area contributed by atoms with Crippen molar-refractivity contribution in [1.29, 1.82) is 0 Å². The van der Waals surface area contributed by atoms with Crippen molar-refractivity contribution < 1.29 is 10.2 Å². The summed E-state index contributed by atoms with van der Waals surface area (Å²) in [5, 5.41) is 21.0. The SMILES string of the molecule is Cc1cccc(C[C@@H](O)C=C[C@@H]2[C@H]3CC(C=CCCCCN(C)C)=C[C@H]3C[C@H]2O)c1. The lowest BCUT2D eigenvalue weighted by atomic mass is 9.89. The zero-order valence-corrected chi connectivity index (χ0v) is 18.9. The Morgan fingerprint density at radius 2 is 2.07 bits per heavy atom. The van der Waals surface area contributed by atoms with Crippen LogP contribution in [-0.4, -0.2) is 48.0 Å². The van der Waals surface area contributed by atoms with Gasteiger partial charge in [-0.15, -0.1) is 0 Å². The van der Waals surface area contributed by atoms with E-state index in [0.29, 0.717) is 18.3 Å². The van der Waals surface area contributed by atoms with E-state index in [1.165, 1.54) is 24.0 Å². The molecule has 0 bridgehead atoms. The first-order chi connectivity index (χ1) is 14.4. The van der Waals surface area contributed by atoms with Gasteiger partial charge in [-0.3, -0.25) is 0 Å². The van der Waals surface area contributed by atoms with E-state index < -0.39 is 6.10 Å². The van der Waals surface area contributed by atoms with Gasteiger partial charge in [0, 0.05) is 12.3 Å². The lowest BCUT2D eigenvalue weighted by molar-refractivity contribution is 0.140. The van der Waals surface area contributed by atoms with E-state index in [4.69, 9.17) is 0 Å². The highest BCUT2D eigenvalue weighted by Gasteiger charge is 2.42. The summed E-state index contributed by atoms with van der Waals surface area (Å²) in [5.41, 5.74) is 3.79. The summed E-state index contributed by atoms with van der Waals surface area (Å²) in [4.78, 5) is 2.24. The molecule has 0 aliphatic heterocycles. The van der Waals surface area contributed by atoms with Crippen LogP contribution in [0.2, 0.25) is 0 Å². The van der Waals surface area contributed by atoms with Crippen LogP contribution in [0, 0.1) is 24.7 Å². The van der Waals surface area contributed by atoms with Crippen LogP contribution in [-0.2, 0) is 6.42 Å². The van der Waals surface area contributed by atoms with E-state index in [9.17, 15) is 10.2 Å². The van der Waals surface area contributed by atoms with Crippen LogP contribution < -0.4 is 0 Å². The Balaban J connectivity index is 1.48. The van der Waals surface area contributed by atoms with Crippen molar-refractivity contribution in [2.45, 2.75) is 57.7 Å². The summed E-state index contributed by atoms with van der Waals surface area (Å²) in [6.07, 6.45) is 16.3. The van der Waals surface area contributed by atoms with E-state index in [2.05, 4.69) is 68.4 Å². The third-order valence-corrected chi connectivity index (χ3v) is 6.54. The quantitative estimate of drug-likeness (QED) is 0.435. The summed E-state index contributed by atoms with van der Waals surface area (Å²) in [6.45, 7) is 3.23. The molecule has 3 heteroatoms. The molecule has 0 spiro atoms. The van der Waals surface area contributed by atoms with Crippen molar-refractivity contribution in [2.75, 3.05) is 20.6 Å². The third-order valence-electron chi connectivity index (χ3n) is 6.54. The highest BCUT2D eigenvalue weighted by atomic mass is 16.3. The second-order valence-electron chi connectivity index (χ2n) is 9.50. The van der Waals surface area contributed by atoms with E-state index in [1.807, 2.05) is 12.1 Å². The molecule has 1 aromatic rings. The van der Waals surface area contributed by atoms with E-state index in [0.717, 1.165) is 31.4 Å². The van der Waals surface area contributed by atoms with Crippen LogP contribution in [0.3, 0.4) is 0 Å². The van der Waals surface area contributed by atoms with Crippen molar-refractivity contribution in [3.63, 3.8) is 0 Å². The molecule has 0 saturated heterocycles. The predicted octanol–water partition coefficient (Wildman–Crippen LogP) is 4.69. The maximum Gasteiger partial charge on any atom is 0.0761 e. The highest BCUT2D eigenvalue weighted by molar-refractivity contribution is 5.29. The molecule has 0 heterocycles. The Morgan fingerprint density at radius 3 is 2.83 bits per heavy atom. The zero-order chi connectivity index (χ0) is 21.5. The number of allylic oxidation sites excluding steroid dienone is 4. The number of benzene rings is 1. The summed E-state index contributed by atoms with van der Waals surface area (Å²) < 4.78 is 0. The molecular formula is C27H39NO2. The zero-order valence-electron chi connectivity index (χ0n) is 18.9. The van der Waals surface area contributed by atoms with Crippen LogP contribution in [0.25, 0.3) is 0 Å². The number of hydrogen-bond acceptors (Lipinski definition) is 3. The van der Waals surface area contributed by atoms with Gasteiger partial charge in [0.05, 0.1) is 12.2 Å². The fourth-order valence-electron chi connectivity index (χ4n) is 5.00. The molecule has 2 aliphatic rings. The van der Waals surface area contributed by atoms with Gasteiger partial charge in [-0.25, -0.2) is 0 Å². The number of aliphatic hydroxyl groups excluding tert-OH is 2. The summed E-state index contributed by atoms with van der Waals surface area (Å²) in [7, 11) is 4.25. The van der Waals surface area contributed by atoms with Crippen molar-refractivity contribution >= 4 is 0 Å². The second-order valence-corrected chi connectivity index (χ2v) is 9.50. The number of unbranched alkanes of at least 4 members (excludes halogenated alkanes) is 2. The van der Waals surface area contributed by atoms with Gasteiger partial charge < -0.3 is 15.1 Å². The first-order valence-corrected chi connectivity index (χ1v) is 11.5. The van der Waals surface area contributed by atoms with E-state index in [1.54, 1.807) is 0 Å². The van der Waals surface area contributed by atoms with Gasteiger partial charge in [0.2, 0.25) is 0 Å². The maximum absolute atomic E-state index is 10.6. The molecule has 1 aromatic carbocycles. The van der Waals surface area contributed by atoms with Crippen molar-refractivity contribution in [3.8, 4) is 0 Å². The molecule has 0 amide bonds. The van der Waals surface area contributed by atoms with Gasteiger partial charge >= 0.3 is 0 Å². The molecule has 2 aliphatic carbocycles. The predicted molar refractivity (Wildman–Crippen MR) is 125 cm³/mol. The number of hydrogen-bond donors (Lipinski definition) is 2. The minimum absolute atomic E-state index is 0.143. The lowest BCUT2D eigenvalue weighted by Crippen LogP contribution is -2.18. The van der Waals surface area contributed by atoms with Gasteiger partial charge in [-0.05, 0) is 77.1 Å². The molecule has 0 radical (unpaired) electrons. The summed E-state index contributed by atoms with van der Waals surface area (Å²) in [5.74, 6) is 1.08. The number of fused-ring (bicyclic) bond motifs is 1. The average Bonchev–Trinajstić information content (AvgIpc) is 3.19. The number of aryl methyl sites for hydroxylation is 1. The Bertz CT molecular complexity index is 764. The topological polar surface area (TPSA) is 43.7 Å². The van der Waals surface area contributed by atoms with Gasteiger partial charge in [0.25, 0.3) is 0 Å². The Morgan fingerprint density at radius 1 is 1.23 bits per heavy atom. The molecule has 1 fully saturated rings. The van der Waals surface area contributed by atoms with Crippen LogP contribution in [0.1, 0.15) is 43.2 Å². The Labute approximate surface area is 182 Å². The van der Waals surface area contributed by atoms with Crippen LogP contribution >= 0.6 is 0 Å². The highest BCUT2D eigenvalue weighted by Crippen LogP contribution is 2.47. The monoisotopic (exact) mass is 409 g/mol. The first kappa shape index (κ1) is 23.0. The normalized spacial score (nSPS) is 27.3. The molecule has 3 rings (SSSR count). The smallest absolute Gasteiger partial charge is 0.0761 e. The number of rotatable bonds is 10. The molecule has 0 unspecified atom stereocenters. The summed E-state index contributed by atoms with van der Waals surface area (Å²) >= 11 is 0. The largest absolute Gasteiger partial charge is 0.392 e. The molecule has 1 saturated carbocycles. The number of aliphatic hydroxyl groups is 2. The standard InChI is InChI=1S/C27H39NO2/c1-20-9-8-11-21(15-20)17-24(29)12-13-25-26-18-22(16-23(26)19-27(25)30)10-6-4-5-7-14-28(2)3/h6,8-13,15-16,23-27,29-30H,4-5,7,14,17-19H2,1-3H3/t23-,24-,25+,26-,27+/m0/s1. The van der Waals surface area contributed by atoms with Crippen molar-refractivity contribution in [2.24, 2.45) is 17.8 Å². The molecule has 164 valence electrons. The third kappa shape index (κ3) is 6.66. The number of nitrogens with zero attached hydrogens (tertiary/aromatic N) is 1. The van der Waals surface area contributed by atoms with Crippen LogP contribution in [0.5, 0.6) is 0 Å². The fraction of sp³-hybridized carbons (Fsp3) is 0.556. The molecule has 5 atom stereocenters. The van der Waals surface area contributed by atoms with Gasteiger partial charge in [0.15, 0.2) is 0 Å². The van der Waals surface area contributed by atoms with E-state index in [-0.39, 0.29) is 12.0 Å². The molecule has 30 heavy (non-hydrogen) atoms. The van der Waals surface area contributed by atoms with Crippen molar-refractivity contribution in [3.05, 3.63) is 71.3 Å². The van der Waals surface area contributed by atoms with Crippen LogP contribution in [0.15, 0.2) is 60.2 Å². The Kier molecular flexibility index (Phi) is 8.50. The minimum atomic E-state index is -0.506. The minimum Gasteiger partial charge on any atom is -0.392 e.